The molecule has 9 heteroatoms. The number of fused-ring (bicyclic) bond motifs is 9. The summed E-state index contributed by atoms with van der Waals surface area (Å²) in [4.78, 5) is 57.3. The zero-order valence-electron chi connectivity index (χ0n) is 19.2. The number of imide groups is 1. The molecule has 3 heterocycles. The zero-order valence-corrected chi connectivity index (χ0v) is 20.9. The molecule has 1 N–H and O–H groups in total. The molecule has 2 aliphatic heterocycles. The topological polar surface area (TPSA) is 96.5 Å². The second kappa shape index (κ2) is 7.91. The maximum Gasteiger partial charge on any atom is 0.337 e. The lowest BCUT2D eigenvalue weighted by Crippen LogP contribution is -2.42. The number of methoxy groups -OCH3 is 1. The van der Waals surface area contributed by atoms with Crippen LogP contribution in [-0.2, 0) is 14.3 Å². The van der Waals surface area contributed by atoms with Gasteiger partial charge in [-0.05, 0) is 47.9 Å². The number of aromatic nitrogens is 1. The Morgan fingerprint density at radius 1 is 1.00 bits per heavy atom. The summed E-state index contributed by atoms with van der Waals surface area (Å²) in [5, 5.41) is 1.06. The van der Waals surface area contributed by atoms with Crippen LogP contribution in [0, 0.1) is 29.6 Å². The number of thiazole rings is 1. The fraction of sp³-hybridized carbons (Fsp3) is 0.333. The van der Waals surface area contributed by atoms with Gasteiger partial charge in [0, 0.05) is 16.0 Å². The number of ether oxygens (including phenoxy) is 1. The van der Waals surface area contributed by atoms with Gasteiger partial charge in [0.1, 0.15) is 0 Å². The number of H-pyrrole nitrogens is 1. The van der Waals surface area contributed by atoms with Crippen LogP contribution in [0.5, 0.6) is 0 Å². The van der Waals surface area contributed by atoms with E-state index in [1.807, 2.05) is 18.2 Å². The van der Waals surface area contributed by atoms with Crippen LogP contribution in [0.3, 0.4) is 0 Å². The molecule has 4 aliphatic rings. The summed E-state index contributed by atoms with van der Waals surface area (Å²) in [6.07, 6.45) is 0.841. The number of hydrogen-bond acceptors (Lipinski definition) is 7. The van der Waals surface area contributed by atoms with Gasteiger partial charge < -0.3 is 9.72 Å². The number of nitrogens with one attached hydrogen (secondary N) is 1. The minimum absolute atomic E-state index is 0.0203. The van der Waals surface area contributed by atoms with Crippen molar-refractivity contribution in [3.8, 4) is 0 Å². The molecular weight excluding hydrogens is 496 g/mol. The molecule has 1 saturated heterocycles. The lowest BCUT2D eigenvalue weighted by atomic mass is 9.68. The number of thioether (sulfide) groups is 1. The Morgan fingerprint density at radius 3 is 2.50 bits per heavy atom. The third-order valence-corrected chi connectivity index (χ3v) is 11.0. The number of amides is 2. The van der Waals surface area contributed by atoms with E-state index in [2.05, 4.69) is 17.1 Å². The number of carbonyl (C=O) groups is 3. The maximum absolute atomic E-state index is 13.8. The summed E-state index contributed by atoms with van der Waals surface area (Å²) in [6.45, 7) is 0. The number of rotatable bonds is 3. The van der Waals surface area contributed by atoms with Crippen molar-refractivity contribution in [2.45, 2.75) is 22.6 Å². The smallest absolute Gasteiger partial charge is 0.337 e. The summed E-state index contributed by atoms with van der Waals surface area (Å²) in [6, 6.07) is 16.7. The molecule has 3 fully saturated rings. The van der Waals surface area contributed by atoms with Crippen LogP contribution in [-0.4, -0.2) is 35.1 Å². The Bertz CT molecular complexity index is 1480. The van der Waals surface area contributed by atoms with Crippen LogP contribution < -0.4 is 9.77 Å². The van der Waals surface area contributed by atoms with Crippen molar-refractivity contribution in [3.05, 3.63) is 80.3 Å². The van der Waals surface area contributed by atoms with Gasteiger partial charge >= 0.3 is 10.8 Å². The quantitative estimate of drug-likeness (QED) is 0.417. The third kappa shape index (κ3) is 2.93. The second-order valence-corrected chi connectivity index (χ2v) is 12.1. The molecule has 7 rings (SSSR count). The predicted molar refractivity (Wildman–Crippen MR) is 135 cm³/mol. The number of anilines is 1. The highest BCUT2D eigenvalue weighted by Gasteiger charge is 2.69. The number of aromatic amines is 1. The molecular formula is C27H22N2O5S2. The number of carbonyl (C=O) groups excluding carboxylic acids is 3. The first-order chi connectivity index (χ1) is 17.5. The predicted octanol–water partition coefficient (Wildman–Crippen LogP) is 3.90. The fourth-order valence-corrected chi connectivity index (χ4v) is 10.1. The molecule has 0 unspecified atom stereocenters. The highest BCUT2D eigenvalue weighted by Crippen LogP contribution is 2.68. The molecule has 3 aromatic rings. The minimum Gasteiger partial charge on any atom is -0.465 e. The van der Waals surface area contributed by atoms with Gasteiger partial charge in [-0.3, -0.25) is 19.3 Å². The van der Waals surface area contributed by atoms with E-state index in [1.54, 1.807) is 36.0 Å². The third-order valence-electron chi connectivity index (χ3n) is 8.41. The molecule has 0 radical (unpaired) electrons. The molecule has 2 saturated carbocycles. The lowest BCUT2D eigenvalue weighted by Gasteiger charge is -2.43. The largest absolute Gasteiger partial charge is 0.465 e. The molecule has 2 aromatic carbocycles. The van der Waals surface area contributed by atoms with Crippen LogP contribution in [0.4, 0.5) is 5.69 Å². The van der Waals surface area contributed by atoms with E-state index in [4.69, 9.17) is 4.74 Å². The van der Waals surface area contributed by atoms with Crippen molar-refractivity contribution in [3.63, 3.8) is 0 Å². The molecule has 2 bridgehead atoms. The van der Waals surface area contributed by atoms with Crippen molar-refractivity contribution < 1.29 is 19.1 Å². The van der Waals surface area contributed by atoms with Crippen molar-refractivity contribution in [2.24, 2.45) is 29.6 Å². The van der Waals surface area contributed by atoms with Crippen LogP contribution in [0.15, 0.2) is 64.4 Å². The van der Waals surface area contributed by atoms with E-state index in [9.17, 15) is 19.2 Å². The SMILES string of the molecule is COC(=O)c1cccc(N2C(=O)[C@@H]3[C@H]4C[C@H]([C@@H]5Sc6[nH]c(=O)sc6[C@@H](c6ccccc6)[C@H]45)[C@@H]3C2=O)c1. The first-order valence-electron chi connectivity index (χ1n) is 12.0. The summed E-state index contributed by atoms with van der Waals surface area (Å²) >= 11 is 2.94. The van der Waals surface area contributed by atoms with Crippen molar-refractivity contribution >= 4 is 46.6 Å². The Kier molecular flexibility index (Phi) is 4.85. The summed E-state index contributed by atoms with van der Waals surface area (Å²) in [5.74, 6) is -1.32. The van der Waals surface area contributed by atoms with E-state index in [0.717, 1.165) is 21.9 Å². The lowest BCUT2D eigenvalue weighted by molar-refractivity contribution is -0.123. The minimum atomic E-state index is -0.510. The molecule has 1 aromatic heterocycles. The monoisotopic (exact) mass is 518 g/mol. The first kappa shape index (κ1) is 22.1. The second-order valence-electron chi connectivity index (χ2n) is 9.92. The van der Waals surface area contributed by atoms with E-state index in [1.165, 1.54) is 23.3 Å². The maximum atomic E-state index is 13.8. The van der Waals surface area contributed by atoms with Crippen LogP contribution in [0.1, 0.15) is 33.1 Å². The average Bonchev–Trinajstić information content (AvgIpc) is 3.62. The van der Waals surface area contributed by atoms with Gasteiger partial charge in [-0.15, -0.1) is 11.8 Å². The summed E-state index contributed by atoms with van der Waals surface area (Å²) < 4.78 is 4.82. The van der Waals surface area contributed by atoms with Gasteiger partial charge in [-0.25, -0.2) is 4.79 Å². The van der Waals surface area contributed by atoms with E-state index in [0.29, 0.717) is 11.3 Å². The first-order valence-corrected chi connectivity index (χ1v) is 13.7. The molecule has 36 heavy (non-hydrogen) atoms. The van der Waals surface area contributed by atoms with Gasteiger partial charge in [-0.2, -0.15) is 0 Å². The van der Waals surface area contributed by atoms with Gasteiger partial charge in [0.2, 0.25) is 11.8 Å². The van der Waals surface area contributed by atoms with Crippen LogP contribution in [0.25, 0.3) is 0 Å². The zero-order chi connectivity index (χ0) is 24.7. The normalized spacial score (nSPS) is 31.8. The Balaban J connectivity index is 1.30. The summed E-state index contributed by atoms with van der Waals surface area (Å²) in [5.41, 5.74) is 1.87. The van der Waals surface area contributed by atoms with Gasteiger partial charge in [0.25, 0.3) is 0 Å². The molecule has 2 amide bonds. The van der Waals surface area contributed by atoms with Gasteiger partial charge in [0.15, 0.2) is 0 Å². The number of esters is 1. The number of hydrogen-bond donors (Lipinski definition) is 1. The Hall–Kier alpha value is -3.17. The molecule has 7 atom stereocenters. The standard InChI is InChI=1S/C27H22N2O5S2/c1-34-26(32)13-8-5-9-14(10-13)29-24(30)19-15-11-16(20(19)25(29)31)21-18(15)17(12-6-3-2-4-7-12)22-23(35-21)28-27(33)36-22/h2-10,15-21H,11H2,1H3,(H,28,33)/t15-,16-,17-,18-,19+,20-,21-/m0/s1. The van der Waals surface area contributed by atoms with Crippen molar-refractivity contribution in [2.75, 3.05) is 12.0 Å². The molecule has 0 spiro atoms. The van der Waals surface area contributed by atoms with E-state index < -0.39 is 5.97 Å². The highest BCUT2D eigenvalue weighted by atomic mass is 32.2. The van der Waals surface area contributed by atoms with Crippen molar-refractivity contribution in [1.82, 2.24) is 4.98 Å². The van der Waals surface area contributed by atoms with Gasteiger partial charge in [0.05, 0.1) is 35.2 Å². The molecule has 7 nitrogen and oxygen atoms in total. The number of benzene rings is 2. The number of nitrogens with zero attached hydrogens (tertiary/aromatic N) is 1. The Labute approximate surface area is 214 Å². The summed E-state index contributed by atoms with van der Waals surface area (Å²) in [7, 11) is 1.30. The van der Waals surface area contributed by atoms with E-state index in [-0.39, 0.29) is 57.4 Å². The fourth-order valence-electron chi connectivity index (χ4n) is 7.19. The van der Waals surface area contributed by atoms with E-state index >= 15 is 0 Å². The molecule has 2 aliphatic carbocycles. The van der Waals surface area contributed by atoms with Crippen LogP contribution >= 0.6 is 23.1 Å². The average molecular weight is 519 g/mol. The Morgan fingerprint density at radius 2 is 1.75 bits per heavy atom. The van der Waals surface area contributed by atoms with Crippen molar-refractivity contribution in [1.29, 1.82) is 0 Å². The molecule has 182 valence electrons. The van der Waals surface area contributed by atoms with Crippen LogP contribution in [0.2, 0.25) is 0 Å². The van der Waals surface area contributed by atoms with Gasteiger partial charge in [-0.1, -0.05) is 47.7 Å². The highest BCUT2D eigenvalue weighted by molar-refractivity contribution is 8.00.